The molecular formula is C14H21NO2. The summed E-state index contributed by atoms with van der Waals surface area (Å²) in [7, 11) is 0. The lowest BCUT2D eigenvalue weighted by atomic mass is 10.2. The van der Waals surface area contributed by atoms with Crippen LogP contribution in [0.3, 0.4) is 0 Å². The average molecular weight is 235 g/mol. The van der Waals surface area contributed by atoms with E-state index in [2.05, 4.69) is 12.2 Å². The van der Waals surface area contributed by atoms with Crippen molar-refractivity contribution in [3.05, 3.63) is 29.8 Å². The number of amides is 1. The number of carbonyl (C=O) groups excluding carboxylic acids is 1. The predicted molar refractivity (Wildman–Crippen MR) is 69.2 cm³/mol. The van der Waals surface area contributed by atoms with Crippen molar-refractivity contribution in [1.82, 2.24) is 5.32 Å². The Hall–Kier alpha value is -1.51. The second-order valence-electron chi connectivity index (χ2n) is 4.05. The van der Waals surface area contributed by atoms with Crippen LogP contribution in [0.15, 0.2) is 24.3 Å². The third kappa shape index (κ3) is 4.47. The normalized spacial score (nSPS) is 11.9. The van der Waals surface area contributed by atoms with E-state index in [1.165, 1.54) is 5.56 Å². The third-order valence-electron chi connectivity index (χ3n) is 2.56. The number of aryl methyl sites for hydroxylation is 1. The lowest BCUT2D eigenvalue weighted by molar-refractivity contribution is -0.127. The summed E-state index contributed by atoms with van der Waals surface area (Å²) in [5.74, 6) is 0.674. The quantitative estimate of drug-likeness (QED) is 0.823. The van der Waals surface area contributed by atoms with Crippen LogP contribution in [0, 0.1) is 0 Å². The van der Waals surface area contributed by atoms with Crippen molar-refractivity contribution in [2.24, 2.45) is 0 Å². The van der Waals surface area contributed by atoms with Crippen molar-refractivity contribution in [3.8, 4) is 5.75 Å². The van der Waals surface area contributed by atoms with E-state index >= 15 is 0 Å². The smallest absolute Gasteiger partial charge is 0.260 e. The van der Waals surface area contributed by atoms with Gasteiger partial charge in [0.1, 0.15) is 5.75 Å². The van der Waals surface area contributed by atoms with Crippen LogP contribution < -0.4 is 10.1 Å². The zero-order valence-electron chi connectivity index (χ0n) is 10.8. The van der Waals surface area contributed by atoms with Gasteiger partial charge in [-0.15, -0.1) is 0 Å². The van der Waals surface area contributed by atoms with E-state index in [4.69, 9.17) is 4.74 Å². The maximum Gasteiger partial charge on any atom is 0.260 e. The van der Waals surface area contributed by atoms with Crippen LogP contribution in [0.5, 0.6) is 5.75 Å². The SMILES string of the molecule is CCCNC(=O)C(C)Oc1ccc(CC)cc1. The van der Waals surface area contributed by atoms with Gasteiger partial charge in [-0.1, -0.05) is 26.0 Å². The maximum atomic E-state index is 11.6. The fourth-order valence-electron chi connectivity index (χ4n) is 1.45. The molecule has 1 N–H and O–H groups in total. The molecule has 0 saturated carbocycles. The van der Waals surface area contributed by atoms with Crippen LogP contribution in [-0.4, -0.2) is 18.6 Å². The zero-order chi connectivity index (χ0) is 12.7. The molecule has 1 aromatic rings. The van der Waals surface area contributed by atoms with Gasteiger partial charge in [0, 0.05) is 6.54 Å². The Morgan fingerprint density at radius 3 is 2.47 bits per heavy atom. The molecule has 0 aliphatic heterocycles. The Kier molecular flexibility index (Phi) is 5.53. The van der Waals surface area contributed by atoms with Gasteiger partial charge in [0.05, 0.1) is 0 Å². The van der Waals surface area contributed by atoms with Crippen LogP contribution in [-0.2, 0) is 11.2 Å². The van der Waals surface area contributed by atoms with E-state index in [1.807, 2.05) is 31.2 Å². The number of carbonyl (C=O) groups is 1. The van der Waals surface area contributed by atoms with Crippen LogP contribution in [0.4, 0.5) is 0 Å². The lowest BCUT2D eigenvalue weighted by Crippen LogP contribution is -2.36. The van der Waals surface area contributed by atoms with E-state index in [1.54, 1.807) is 6.92 Å². The van der Waals surface area contributed by atoms with Crippen molar-refractivity contribution in [1.29, 1.82) is 0 Å². The molecule has 0 aromatic heterocycles. The number of ether oxygens (including phenoxy) is 1. The first-order valence-corrected chi connectivity index (χ1v) is 6.20. The van der Waals surface area contributed by atoms with Crippen LogP contribution >= 0.6 is 0 Å². The summed E-state index contributed by atoms with van der Waals surface area (Å²) in [6.45, 7) is 6.59. The van der Waals surface area contributed by atoms with Crippen LogP contribution in [0.2, 0.25) is 0 Å². The van der Waals surface area contributed by atoms with Gasteiger partial charge in [0.25, 0.3) is 5.91 Å². The fraction of sp³-hybridized carbons (Fsp3) is 0.500. The summed E-state index contributed by atoms with van der Waals surface area (Å²) >= 11 is 0. The van der Waals surface area contributed by atoms with Crippen molar-refractivity contribution in [2.45, 2.75) is 39.7 Å². The number of benzene rings is 1. The highest BCUT2D eigenvalue weighted by Gasteiger charge is 2.13. The van der Waals surface area contributed by atoms with Crippen LogP contribution in [0.1, 0.15) is 32.8 Å². The summed E-state index contributed by atoms with van der Waals surface area (Å²) in [5, 5.41) is 2.81. The molecule has 94 valence electrons. The first-order valence-electron chi connectivity index (χ1n) is 6.20. The fourth-order valence-corrected chi connectivity index (χ4v) is 1.45. The molecule has 0 saturated heterocycles. The number of nitrogens with one attached hydrogen (secondary N) is 1. The Bertz CT molecular complexity index is 346. The summed E-state index contributed by atoms with van der Waals surface area (Å²) < 4.78 is 5.56. The highest BCUT2D eigenvalue weighted by molar-refractivity contribution is 5.80. The van der Waals surface area contributed by atoms with Gasteiger partial charge < -0.3 is 10.1 Å². The number of rotatable bonds is 6. The molecule has 0 heterocycles. The van der Waals surface area contributed by atoms with Gasteiger partial charge in [-0.2, -0.15) is 0 Å². The maximum absolute atomic E-state index is 11.6. The minimum atomic E-state index is -0.450. The largest absolute Gasteiger partial charge is 0.481 e. The first kappa shape index (κ1) is 13.6. The summed E-state index contributed by atoms with van der Waals surface area (Å²) in [6, 6.07) is 7.85. The molecule has 17 heavy (non-hydrogen) atoms. The van der Waals surface area contributed by atoms with Crippen molar-refractivity contribution < 1.29 is 9.53 Å². The molecule has 1 rings (SSSR count). The molecule has 1 atom stereocenters. The number of hydrogen-bond donors (Lipinski definition) is 1. The Morgan fingerprint density at radius 2 is 1.94 bits per heavy atom. The standard InChI is InChI=1S/C14H21NO2/c1-4-10-15-14(16)11(3)17-13-8-6-12(5-2)7-9-13/h6-9,11H,4-5,10H2,1-3H3,(H,15,16). The molecule has 1 aromatic carbocycles. The van der Waals surface area contributed by atoms with E-state index in [0.29, 0.717) is 6.54 Å². The molecule has 0 aliphatic carbocycles. The Labute approximate surface area is 103 Å². The summed E-state index contributed by atoms with van der Waals surface area (Å²) in [4.78, 5) is 11.6. The van der Waals surface area contributed by atoms with Crippen molar-refractivity contribution in [3.63, 3.8) is 0 Å². The van der Waals surface area contributed by atoms with E-state index in [-0.39, 0.29) is 5.91 Å². The second kappa shape index (κ2) is 6.94. The minimum Gasteiger partial charge on any atom is -0.481 e. The first-order chi connectivity index (χ1) is 8.17. The molecule has 0 radical (unpaired) electrons. The highest BCUT2D eigenvalue weighted by Crippen LogP contribution is 2.14. The topological polar surface area (TPSA) is 38.3 Å². The van der Waals surface area contributed by atoms with E-state index < -0.39 is 6.10 Å². The van der Waals surface area contributed by atoms with Gasteiger partial charge in [-0.25, -0.2) is 0 Å². The van der Waals surface area contributed by atoms with Gasteiger partial charge >= 0.3 is 0 Å². The molecule has 1 amide bonds. The van der Waals surface area contributed by atoms with E-state index in [9.17, 15) is 4.79 Å². The van der Waals surface area contributed by atoms with Gasteiger partial charge in [-0.05, 0) is 37.5 Å². The minimum absolute atomic E-state index is 0.0635. The average Bonchev–Trinajstić information content (AvgIpc) is 2.36. The lowest BCUT2D eigenvalue weighted by Gasteiger charge is -2.14. The molecule has 3 nitrogen and oxygen atoms in total. The summed E-state index contributed by atoms with van der Waals surface area (Å²) in [5.41, 5.74) is 1.26. The predicted octanol–water partition coefficient (Wildman–Crippen LogP) is 2.54. The molecule has 0 spiro atoms. The second-order valence-corrected chi connectivity index (χ2v) is 4.05. The van der Waals surface area contributed by atoms with Crippen molar-refractivity contribution in [2.75, 3.05) is 6.54 Å². The molecule has 1 unspecified atom stereocenters. The van der Waals surface area contributed by atoms with E-state index in [0.717, 1.165) is 18.6 Å². The Balaban J connectivity index is 2.49. The molecule has 3 heteroatoms. The molecule has 0 bridgehead atoms. The van der Waals surface area contributed by atoms with Gasteiger partial charge in [0.15, 0.2) is 6.10 Å². The van der Waals surface area contributed by atoms with Crippen molar-refractivity contribution >= 4 is 5.91 Å². The van der Waals surface area contributed by atoms with Gasteiger partial charge in [0.2, 0.25) is 0 Å². The summed E-state index contributed by atoms with van der Waals surface area (Å²) in [6.07, 6.45) is 1.49. The highest BCUT2D eigenvalue weighted by atomic mass is 16.5. The number of hydrogen-bond acceptors (Lipinski definition) is 2. The zero-order valence-corrected chi connectivity index (χ0v) is 10.8. The monoisotopic (exact) mass is 235 g/mol. The molecular weight excluding hydrogens is 214 g/mol. The Morgan fingerprint density at radius 1 is 1.29 bits per heavy atom. The molecule has 0 fully saturated rings. The van der Waals surface area contributed by atoms with Gasteiger partial charge in [-0.3, -0.25) is 4.79 Å². The van der Waals surface area contributed by atoms with Crippen LogP contribution in [0.25, 0.3) is 0 Å². The molecule has 0 aliphatic rings. The third-order valence-corrected chi connectivity index (χ3v) is 2.56.